The van der Waals surface area contributed by atoms with Gasteiger partial charge in [0.05, 0.1) is 0 Å². The molecule has 0 aliphatic rings. The fourth-order valence-corrected chi connectivity index (χ4v) is 1.01. The summed E-state index contributed by atoms with van der Waals surface area (Å²) in [5.74, 6) is 0.430. The summed E-state index contributed by atoms with van der Waals surface area (Å²) in [5.41, 5.74) is 2.82. The Morgan fingerprint density at radius 2 is 2.00 bits per heavy atom. The summed E-state index contributed by atoms with van der Waals surface area (Å²) in [6, 6.07) is 0. The Morgan fingerprint density at radius 3 is 2.43 bits per heavy atom. The Bertz CT molecular complexity index is 285. The molecule has 0 aliphatic heterocycles. The molecule has 0 aromatic carbocycles. The van der Waals surface area contributed by atoms with Crippen LogP contribution < -0.4 is 0 Å². The summed E-state index contributed by atoms with van der Waals surface area (Å²) in [5, 5.41) is 6.98. The smallest absolute Gasteiger partial charge is 0.0468 e. The average molecular weight is 210 g/mol. The van der Waals surface area contributed by atoms with E-state index >= 15 is 0 Å². The molecule has 0 saturated carbocycles. The van der Waals surface area contributed by atoms with Gasteiger partial charge in [-0.15, -0.1) is 11.6 Å². The minimum atomic E-state index is 0.430. The Morgan fingerprint density at radius 1 is 1.36 bits per heavy atom. The molecule has 0 atom stereocenters. The number of hydrogen-bond donors (Lipinski definition) is 1. The molecular weight excluding hydrogens is 194 g/mol. The van der Waals surface area contributed by atoms with E-state index in [4.69, 9.17) is 17.0 Å². The highest BCUT2D eigenvalue weighted by atomic mass is 35.5. The van der Waals surface area contributed by atoms with Gasteiger partial charge in [0.1, 0.15) is 0 Å². The van der Waals surface area contributed by atoms with Crippen LogP contribution >= 0.6 is 11.6 Å². The molecule has 0 radical (unpaired) electrons. The first kappa shape index (κ1) is 12.9. The van der Waals surface area contributed by atoms with Crippen molar-refractivity contribution < 1.29 is 0 Å². The first-order chi connectivity index (χ1) is 6.65. The van der Waals surface area contributed by atoms with Crippen LogP contribution in [0.5, 0.6) is 0 Å². The second kappa shape index (κ2) is 7.34. The van der Waals surface area contributed by atoms with E-state index in [9.17, 15) is 0 Å². The molecule has 14 heavy (non-hydrogen) atoms. The Balaban J connectivity index is 4.46. The summed E-state index contributed by atoms with van der Waals surface area (Å²) < 4.78 is 0. The molecule has 0 saturated heterocycles. The number of nitrogens with one attached hydrogen (secondary N) is 1. The number of rotatable bonds is 6. The predicted octanol–water partition coefficient (Wildman–Crippen LogP) is 3.88. The fourth-order valence-electron chi connectivity index (χ4n) is 0.923. The second-order valence-electron chi connectivity index (χ2n) is 2.86. The van der Waals surface area contributed by atoms with Crippen molar-refractivity contribution in [1.82, 2.24) is 0 Å². The van der Waals surface area contributed by atoms with E-state index in [-0.39, 0.29) is 0 Å². The summed E-state index contributed by atoms with van der Waals surface area (Å²) in [6.07, 6.45) is 7.61. The van der Waals surface area contributed by atoms with Crippen molar-refractivity contribution in [2.24, 2.45) is 0 Å². The quantitative estimate of drug-likeness (QED) is 0.390. The molecule has 0 aromatic rings. The fraction of sp³-hybridized carbons (Fsp3) is 0.250. The molecule has 0 aromatic heterocycles. The molecule has 0 aliphatic carbocycles. The van der Waals surface area contributed by atoms with Crippen molar-refractivity contribution in [3.63, 3.8) is 0 Å². The molecule has 0 spiro atoms. The lowest BCUT2D eigenvalue weighted by Gasteiger charge is -2.02. The van der Waals surface area contributed by atoms with Gasteiger partial charge >= 0.3 is 0 Å². The highest BCUT2D eigenvalue weighted by Crippen LogP contribution is 2.13. The monoisotopic (exact) mass is 209 g/mol. The van der Waals surface area contributed by atoms with Gasteiger partial charge in [-0.05, 0) is 29.2 Å². The van der Waals surface area contributed by atoms with E-state index < -0.39 is 0 Å². The van der Waals surface area contributed by atoms with Gasteiger partial charge in [-0.25, -0.2) is 0 Å². The Labute approximate surface area is 91.0 Å². The number of halogens is 1. The van der Waals surface area contributed by atoms with Crippen molar-refractivity contribution in [3.05, 3.63) is 48.1 Å². The van der Waals surface area contributed by atoms with Crippen molar-refractivity contribution in [2.75, 3.05) is 5.88 Å². The van der Waals surface area contributed by atoms with Crippen LogP contribution in [0.4, 0.5) is 0 Å². The lowest BCUT2D eigenvalue weighted by Crippen LogP contribution is -1.85. The maximum atomic E-state index is 6.98. The maximum Gasteiger partial charge on any atom is 0.0468 e. The van der Waals surface area contributed by atoms with Crippen LogP contribution in [0.1, 0.15) is 13.3 Å². The van der Waals surface area contributed by atoms with Crippen molar-refractivity contribution in [2.45, 2.75) is 13.3 Å². The zero-order chi connectivity index (χ0) is 11.0. The zero-order valence-electron chi connectivity index (χ0n) is 8.52. The minimum absolute atomic E-state index is 0.430. The van der Waals surface area contributed by atoms with Gasteiger partial charge in [0.25, 0.3) is 0 Å². The summed E-state index contributed by atoms with van der Waals surface area (Å²) in [4.78, 5) is 0. The number of alkyl halides is 1. The van der Waals surface area contributed by atoms with Crippen LogP contribution in [0.3, 0.4) is 0 Å². The lowest BCUT2D eigenvalue weighted by molar-refractivity contribution is 1.13. The van der Waals surface area contributed by atoms with Crippen molar-refractivity contribution in [3.8, 4) is 0 Å². The third kappa shape index (κ3) is 4.83. The summed E-state index contributed by atoms with van der Waals surface area (Å²) >= 11 is 5.58. The standard InChI is InChI=1S/C12H16ClN/c1-4-12(7-8-14)11(3)6-5-10(2)9-13/h5-8,14H,2-4,9H2,1H3/b6-5-,12-7+,14-8?. The molecule has 0 bridgehead atoms. The third-order valence-corrected chi connectivity index (χ3v) is 2.11. The van der Waals surface area contributed by atoms with Crippen LogP contribution in [0, 0.1) is 5.41 Å². The molecule has 2 heteroatoms. The number of allylic oxidation sites excluding steroid dienone is 6. The lowest BCUT2D eigenvalue weighted by atomic mass is 10.0. The van der Waals surface area contributed by atoms with Crippen LogP contribution in [0.15, 0.2) is 48.1 Å². The topological polar surface area (TPSA) is 23.9 Å². The zero-order valence-corrected chi connectivity index (χ0v) is 9.27. The van der Waals surface area contributed by atoms with Gasteiger partial charge in [0.2, 0.25) is 0 Å². The van der Waals surface area contributed by atoms with Crippen molar-refractivity contribution in [1.29, 1.82) is 5.41 Å². The van der Waals surface area contributed by atoms with Gasteiger partial charge in [0.15, 0.2) is 0 Å². The van der Waals surface area contributed by atoms with Crippen LogP contribution in [0.2, 0.25) is 0 Å². The molecule has 0 fully saturated rings. The van der Waals surface area contributed by atoms with E-state index in [1.54, 1.807) is 6.08 Å². The Kier molecular flexibility index (Phi) is 6.77. The number of hydrogen-bond acceptors (Lipinski definition) is 1. The van der Waals surface area contributed by atoms with Gasteiger partial charge < -0.3 is 5.41 Å². The Hall–Kier alpha value is -1.08. The molecule has 1 N–H and O–H groups in total. The largest absolute Gasteiger partial charge is 0.309 e. The second-order valence-corrected chi connectivity index (χ2v) is 3.13. The van der Waals surface area contributed by atoms with E-state index in [0.29, 0.717) is 5.88 Å². The molecule has 1 nitrogen and oxygen atoms in total. The minimum Gasteiger partial charge on any atom is -0.309 e. The van der Waals surface area contributed by atoms with Gasteiger partial charge in [-0.3, -0.25) is 0 Å². The van der Waals surface area contributed by atoms with Crippen LogP contribution in [-0.2, 0) is 0 Å². The van der Waals surface area contributed by atoms with Crippen LogP contribution in [-0.4, -0.2) is 12.1 Å². The van der Waals surface area contributed by atoms with Gasteiger partial charge in [-0.2, -0.15) is 0 Å². The SMILES string of the molecule is C=C(/C=C\C(=C)/C(=C/C=N)CC)CCl. The molecule has 76 valence electrons. The first-order valence-electron chi connectivity index (χ1n) is 4.46. The highest BCUT2D eigenvalue weighted by Gasteiger charge is 1.95. The molecular formula is C12H16ClN. The maximum absolute atomic E-state index is 6.98. The molecule has 0 unspecified atom stereocenters. The molecule has 0 rings (SSSR count). The average Bonchev–Trinajstić information content (AvgIpc) is 2.21. The van der Waals surface area contributed by atoms with Crippen molar-refractivity contribution >= 4 is 17.8 Å². The summed E-state index contributed by atoms with van der Waals surface area (Å²) in [6.45, 7) is 9.69. The van der Waals surface area contributed by atoms with E-state index in [1.807, 2.05) is 19.1 Å². The third-order valence-electron chi connectivity index (χ3n) is 1.77. The highest BCUT2D eigenvalue weighted by molar-refractivity contribution is 6.19. The van der Waals surface area contributed by atoms with E-state index in [0.717, 1.165) is 23.1 Å². The normalized spacial score (nSPS) is 11.7. The summed E-state index contributed by atoms with van der Waals surface area (Å²) in [7, 11) is 0. The van der Waals surface area contributed by atoms with Gasteiger partial charge in [-0.1, -0.05) is 32.2 Å². The van der Waals surface area contributed by atoms with E-state index in [2.05, 4.69) is 13.2 Å². The predicted molar refractivity (Wildman–Crippen MR) is 65.3 cm³/mol. The van der Waals surface area contributed by atoms with Gasteiger partial charge in [0, 0.05) is 12.1 Å². The van der Waals surface area contributed by atoms with E-state index in [1.165, 1.54) is 6.21 Å². The molecule has 0 amide bonds. The van der Waals surface area contributed by atoms with Crippen LogP contribution in [0.25, 0.3) is 0 Å². The first-order valence-corrected chi connectivity index (χ1v) is 4.99. The molecule has 0 heterocycles.